The van der Waals surface area contributed by atoms with Gasteiger partial charge >= 0.3 is 0 Å². The van der Waals surface area contributed by atoms with Crippen molar-refractivity contribution in [2.24, 2.45) is 0 Å². The second kappa shape index (κ2) is 8.78. The molecule has 33 heavy (non-hydrogen) atoms. The van der Waals surface area contributed by atoms with Crippen LogP contribution >= 0.6 is 0 Å². The molecule has 5 nitrogen and oxygen atoms in total. The zero-order valence-corrected chi connectivity index (χ0v) is 17.9. The highest BCUT2D eigenvalue weighted by atomic mass is 19.1. The van der Waals surface area contributed by atoms with Gasteiger partial charge in [-0.2, -0.15) is 0 Å². The van der Waals surface area contributed by atoms with Gasteiger partial charge in [-0.3, -0.25) is 0 Å². The number of hydrogen-bond acceptors (Lipinski definition) is 5. The van der Waals surface area contributed by atoms with Crippen molar-refractivity contribution in [3.63, 3.8) is 0 Å². The first-order valence-electron chi connectivity index (χ1n) is 10.6. The minimum Gasteiger partial charge on any atom is -0.489 e. The smallest absolute Gasteiger partial charge is 0.162 e. The highest BCUT2D eigenvalue weighted by Crippen LogP contribution is 2.35. The molecule has 0 spiro atoms. The Morgan fingerprint density at radius 1 is 1.03 bits per heavy atom. The van der Waals surface area contributed by atoms with E-state index in [-0.39, 0.29) is 18.3 Å². The molecule has 5 rings (SSSR count). The van der Waals surface area contributed by atoms with Crippen molar-refractivity contribution in [2.45, 2.75) is 19.7 Å². The van der Waals surface area contributed by atoms with E-state index in [4.69, 9.17) is 4.74 Å². The summed E-state index contributed by atoms with van der Waals surface area (Å²) in [5.41, 5.74) is 3.72. The molecular weight excluding hydrogens is 422 g/mol. The van der Waals surface area contributed by atoms with Crippen molar-refractivity contribution >= 4 is 17.2 Å². The molecular formula is C26H22F2N4O. The van der Waals surface area contributed by atoms with Crippen LogP contribution in [0.15, 0.2) is 96.7 Å². The molecule has 0 radical (unpaired) electrons. The van der Waals surface area contributed by atoms with Gasteiger partial charge in [0.1, 0.15) is 29.8 Å². The van der Waals surface area contributed by atoms with Crippen molar-refractivity contribution in [3.8, 4) is 0 Å². The molecule has 2 aliphatic rings. The summed E-state index contributed by atoms with van der Waals surface area (Å²) in [7, 11) is 0. The van der Waals surface area contributed by atoms with Gasteiger partial charge in [-0.25, -0.2) is 13.8 Å². The van der Waals surface area contributed by atoms with Crippen molar-refractivity contribution in [1.29, 1.82) is 0 Å². The van der Waals surface area contributed by atoms with Gasteiger partial charge in [0, 0.05) is 29.3 Å². The lowest BCUT2D eigenvalue weighted by Gasteiger charge is -2.30. The number of allylic oxidation sites excluding steroid dienone is 3. The van der Waals surface area contributed by atoms with Gasteiger partial charge < -0.3 is 20.3 Å². The van der Waals surface area contributed by atoms with Gasteiger partial charge in [-0.1, -0.05) is 24.3 Å². The van der Waals surface area contributed by atoms with Crippen LogP contribution in [0.1, 0.15) is 18.1 Å². The average molecular weight is 444 g/mol. The molecule has 2 aromatic carbocycles. The van der Waals surface area contributed by atoms with E-state index >= 15 is 0 Å². The minimum absolute atomic E-state index is 0.0897. The van der Waals surface area contributed by atoms with Crippen molar-refractivity contribution in [3.05, 3.63) is 119 Å². The second-order valence-electron chi connectivity index (χ2n) is 7.75. The third-order valence-electron chi connectivity index (χ3n) is 5.55. The normalized spacial score (nSPS) is 16.9. The predicted octanol–water partition coefficient (Wildman–Crippen LogP) is 5.65. The summed E-state index contributed by atoms with van der Waals surface area (Å²) >= 11 is 0. The number of para-hydroxylation sites is 1. The fourth-order valence-corrected chi connectivity index (χ4v) is 3.95. The maximum Gasteiger partial charge on any atom is 0.162 e. The summed E-state index contributed by atoms with van der Waals surface area (Å²) in [6, 6.07) is 17.6. The van der Waals surface area contributed by atoms with E-state index in [1.807, 2.05) is 72.8 Å². The standard InChI is InChI=1S/C26H22F2N4O/c1-17-25(18-12-13-24(29-15-18)31-19-7-3-2-4-8-19)32-14-6-11-23(26(32)30-17)33-16-20-21(27)9-5-10-22(20)28/h2-15,26,30H,16H2,1H3,(H,29,31). The lowest BCUT2D eigenvalue weighted by molar-refractivity contribution is 0.145. The number of aromatic nitrogens is 1. The van der Waals surface area contributed by atoms with Crippen LogP contribution in [0, 0.1) is 11.6 Å². The number of nitrogens with zero attached hydrogens (tertiary/aromatic N) is 2. The molecule has 3 heterocycles. The first-order valence-corrected chi connectivity index (χ1v) is 10.6. The van der Waals surface area contributed by atoms with Gasteiger partial charge in [0.2, 0.25) is 0 Å². The van der Waals surface area contributed by atoms with Crippen LogP contribution < -0.4 is 10.6 Å². The second-order valence-corrected chi connectivity index (χ2v) is 7.75. The number of pyridine rings is 1. The van der Waals surface area contributed by atoms with Crippen LogP contribution in [0.4, 0.5) is 20.3 Å². The summed E-state index contributed by atoms with van der Waals surface area (Å²) in [5, 5.41) is 6.68. The monoisotopic (exact) mass is 444 g/mol. The van der Waals surface area contributed by atoms with Crippen molar-refractivity contribution < 1.29 is 13.5 Å². The maximum atomic E-state index is 14.0. The number of benzene rings is 2. The Bertz CT molecular complexity index is 1230. The first-order chi connectivity index (χ1) is 16.1. The molecule has 0 bridgehead atoms. The lowest BCUT2D eigenvalue weighted by Crippen LogP contribution is -2.37. The maximum absolute atomic E-state index is 14.0. The van der Waals surface area contributed by atoms with Crippen LogP contribution in [-0.2, 0) is 11.3 Å². The highest BCUT2D eigenvalue weighted by molar-refractivity contribution is 5.71. The first kappa shape index (κ1) is 20.8. The van der Waals surface area contributed by atoms with Crippen LogP contribution in [0.2, 0.25) is 0 Å². The topological polar surface area (TPSA) is 49.4 Å². The van der Waals surface area contributed by atoms with E-state index in [0.29, 0.717) is 5.76 Å². The Morgan fingerprint density at radius 2 is 1.82 bits per heavy atom. The highest BCUT2D eigenvalue weighted by Gasteiger charge is 2.34. The Balaban J connectivity index is 1.31. The van der Waals surface area contributed by atoms with Crippen molar-refractivity contribution in [1.82, 2.24) is 15.2 Å². The molecule has 1 unspecified atom stereocenters. The third-order valence-corrected chi connectivity index (χ3v) is 5.55. The number of halogens is 2. The average Bonchev–Trinajstić information content (AvgIpc) is 3.16. The molecule has 0 amide bonds. The summed E-state index contributed by atoms with van der Waals surface area (Å²) in [6.07, 6.45) is 7.10. The largest absolute Gasteiger partial charge is 0.489 e. The minimum atomic E-state index is -0.622. The predicted molar refractivity (Wildman–Crippen MR) is 124 cm³/mol. The molecule has 1 atom stereocenters. The van der Waals surface area contributed by atoms with Crippen molar-refractivity contribution in [2.75, 3.05) is 5.32 Å². The SMILES string of the molecule is CC1=C(c2ccc(Nc3ccccc3)nc2)N2C=CC=C(OCc3c(F)cccc3F)C2N1. The van der Waals surface area contributed by atoms with E-state index in [1.165, 1.54) is 18.2 Å². The fourth-order valence-electron chi connectivity index (χ4n) is 3.95. The molecule has 7 heteroatoms. The zero-order chi connectivity index (χ0) is 22.8. The van der Waals surface area contributed by atoms with E-state index < -0.39 is 11.6 Å². The number of nitrogens with one attached hydrogen (secondary N) is 2. The summed E-state index contributed by atoms with van der Waals surface area (Å²) < 4.78 is 33.8. The lowest BCUT2D eigenvalue weighted by atomic mass is 10.1. The Morgan fingerprint density at radius 3 is 2.55 bits per heavy atom. The number of rotatable bonds is 6. The fraction of sp³-hybridized carbons (Fsp3) is 0.115. The molecule has 3 aromatic rings. The van der Waals surface area contributed by atoms with Gasteiger partial charge in [-0.15, -0.1) is 0 Å². The number of anilines is 2. The van der Waals surface area contributed by atoms with Gasteiger partial charge in [0.25, 0.3) is 0 Å². The van der Waals surface area contributed by atoms with E-state index in [9.17, 15) is 8.78 Å². The molecule has 0 fully saturated rings. The summed E-state index contributed by atoms with van der Waals surface area (Å²) in [6.45, 7) is 1.78. The Hall–Kier alpha value is -4.13. The third kappa shape index (κ3) is 4.17. The van der Waals surface area contributed by atoms with Gasteiger partial charge in [0.05, 0.1) is 11.3 Å². The molecule has 0 saturated carbocycles. The van der Waals surface area contributed by atoms with E-state index in [2.05, 4.69) is 15.6 Å². The molecule has 0 saturated heterocycles. The zero-order valence-electron chi connectivity index (χ0n) is 17.9. The molecule has 0 aliphatic carbocycles. The van der Waals surface area contributed by atoms with Crippen LogP contribution in [0.3, 0.4) is 0 Å². The molecule has 166 valence electrons. The van der Waals surface area contributed by atoms with Crippen LogP contribution in [0.5, 0.6) is 0 Å². The van der Waals surface area contributed by atoms with Crippen LogP contribution in [0.25, 0.3) is 5.70 Å². The summed E-state index contributed by atoms with van der Waals surface area (Å²) in [5.74, 6) is 0.0764. The number of hydrogen-bond donors (Lipinski definition) is 2. The number of fused-ring (bicyclic) bond motifs is 1. The molecule has 2 aliphatic heterocycles. The van der Waals surface area contributed by atoms with E-state index in [1.54, 1.807) is 6.08 Å². The quantitative estimate of drug-likeness (QED) is 0.515. The van der Waals surface area contributed by atoms with E-state index in [0.717, 1.165) is 28.5 Å². The molecule has 2 N–H and O–H groups in total. The molecule has 1 aromatic heterocycles. The van der Waals surface area contributed by atoms with Crippen LogP contribution in [-0.4, -0.2) is 16.0 Å². The summed E-state index contributed by atoms with van der Waals surface area (Å²) in [4.78, 5) is 6.58. The van der Waals surface area contributed by atoms with Gasteiger partial charge in [-0.05, 0) is 55.5 Å². The Kier molecular flexibility index (Phi) is 5.52. The van der Waals surface area contributed by atoms with Gasteiger partial charge in [0.15, 0.2) is 6.17 Å². The Labute approximate surface area is 190 Å². The number of ether oxygens (including phenoxy) is 1.